The zero-order valence-corrected chi connectivity index (χ0v) is 11.0. The van der Waals surface area contributed by atoms with Gasteiger partial charge in [-0.2, -0.15) is 10.5 Å². The predicted octanol–water partition coefficient (Wildman–Crippen LogP) is 2.48. The molecule has 6 N–H and O–H groups in total. The van der Waals surface area contributed by atoms with Crippen molar-refractivity contribution in [3.05, 3.63) is 41.5 Å². The molecule has 0 atom stereocenters. The summed E-state index contributed by atoms with van der Waals surface area (Å²) in [6.07, 6.45) is 0. The number of nitriles is 2. The van der Waals surface area contributed by atoms with Gasteiger partial charge in [-0.25, -0.2) is 0 Å². The van der Waals surface area contributed by atoms with E-state index in [9.17, 15) is 0 Å². The van der Waals surface area contributed by atoms with Crippen LogP contribution in [-0.2, 0) is 0 Å². The quantitative estimate of drug-likeness (QED) is 0.542. The lowest BCUT2D eigenvalue weighted by Gasteiger charge is -2.05. The van der Waals surface area contributed by atoms with Crippen LogP contribution in [0.5, 0.6) is 0 Å². The monoisotopic (exact) mass is 273 g/mol. The second-order valence-electron chi connectivity index (χ2n) is 4.80. The number of fused-ring (bicyclic) bond motifs is 2. The fraction of sp³-hybridized carbons (Fsp3) is 0. The van der Waals surface area contributed by atoms with Gasteiger partial charge in [0.25, 0.3) is 0 Å². The van der Waals surface area contributed by atoms with Crippen LogP contribution in [0.1, 0.15) is 11.1 Å². The van der Waals surface area contributed by atoms with Crippen LogP contribution in [0.15, 0.2) is 30.3 Å². The molecule has 3 rings (SSSR count). The summed E-state index contributed by atoms with van der Waals surface area (Å²) in [4.78, 5) is 0. The van der Waals surface area contributed by atoms with Crippen molar-refractivity contribution in [2.24, 2.45) is 0 Å². The van der Waals surface area contributed by atoms with Crippen LogP contribution in [0.2, 0.25) is 0 Å². The van der Waals surface area contributed by atoms with Crippen molar-refractivity contribution >= 4 is 38.6 Å². The molecule has 0 amide bonds. The summed E-state index contributed by atoms with van der Waals surface area (Å²) in [5, 5.41) is 21.0. The van der Waals surface area contributed by atoms with Crippen molar-refractivity contribution in [2.75, 3.05) is 17.2 Å². The van der Waals surface area contributed by atoms with E-state index < -0.39 is 0 Å². The first-order chi connectivity index (χ1) is 10.1. The van der Waals surface area contributed by atoms with E-state index in [1.165, 1.54) is 0 Å². The van der Waals surface area contributed by atoms with E-state index in [1.54, 1.807) is 24.3 Å². The third kappa shape index (κ3) is 1.69. The summed E-state index contributed by atoms with van der Waals surface area (Å²) < 4.78 is 0. The molecule has 100 valence electrons. The summed E-state index contributed by atoms with van der Waals surface area (Å²) in [6, 6.07) is 12.7. The molecule has 0 aliphatic heterocycles. The van der Waals surface area contributed by atoms with Crippen LogP contribution >= 0.6 is 0 Å². The number of nitrogens with zero attached hydrogens (tertiary/aromatic N) is 2. The number of rotatable bonds is 0. The number of hydrogen-bond donors (Lipinski definition) is 3. The Hall–Kier alpha value is -3.44. The zero-order valence-electron chi connectivity index (χ0n) is 11.0. The number of nitrogens with two attached hydrogens (primary N) is 3. The Morgan fingerprint density at radius 3 is 2.14 bits per heavy atom. The highest BCUT2D eigenvalue weighted by molar-refractivity contribution is 6.19. The van der Waals surface area contributed by atoms with Gasteiger partial charge >= 0.3 is 0 Å². The van der Waals surface area contributed by atoms with Crippen LogP contribution in [0.4, 0.5) is 17.1 Å². The van der Waals surface area contributed by atoms with Gasteiger partial charge in [0.05, 0.1) is 28.6 Å². The largest absolute Gasteiger partial charge is 0.398 e. The lowest BCUT2D eigenvalue weighted by molar-refractivity contribution is 1.50. The minimum absolute atomic E-state index is 0.360. The number of benzene rings is 1. The Labute approximate surface area is 120 Å². The summed E-state index contributed by atoms with van der Waals surface area (Å²) >= 11 is 0. The Balaban J connectivity index is 2.61. The van der Waals surface area contributed by atoms with Crippen molar-refractivity contribution in [2.45, 2.75) is 0 Å². The van der Waals surface area contributed by atoms with Crippen molar-refractivity contribution in [3.63, 3.8) is 0 Å². The van der Waals surface area contributed by atoms with E-state index in [2.05, 4.69) is 6.07 Å². The van der Waals surface area contributed by atoms with Gasteiger partial charge in [-0.15, -0.1) is 0 Å². The minimum atomic E-state index is 0.360. The summed E-state index contributed by atoms with van der Waals surface area (Å²) in [5.74, 6) is 0. The topological polar surface area (TPSA) is 126 Å². The standard InChI is InChI=1S/C16H11N5/c17-6-8-1-2-12(19)13-9(3-8)4-10-5-11(7-18)15(20)14(10)16(13)21/h1-5H,19-21H2. The third-order valence-corrected chi connectivity index (χ3v) is 3.58. The fourth-order valence-electron chi connectivity index (χ4n) is 2.61. The van der Waals surface area contributed by atoms with Crippen LogP contribution < -0.4 is 17.2 Å². The van der Waals surface area contributed by atoms with Crippen LogP contribution in [0, 0.1) is 22.7 Å². The molecule has 0 saturated carbocycles. The molecule has 0 heterocycles. The molecule has 0 radical (unpaired) electrons. The van der Waals surface area contributed by atoms with E-state index in [0.717, 1.165) is 10.8 Å². The summed E-state index contributed by atoms with van der Waals surface area (Å²) in [6.45, 7) is 0. The maximum absolute atomic E-state index is 9.09. The normalized spacial score (nSPS) is 10.4. The second kappa shape index (κ2) is 4.29. The Kier molecular flexibility index (Phi) is 2.57. The smallest absolute Gasteiger partial charge is 0.101 e. The minimum Gasteiger partial charge on any atom is -0.398 e. The van der Waals surface area contributed by atoms with Gasteiger partial charge in [0.15, 0.2) is 0 Å². The molecule has 0 spiro atoms. The molecule has 0 saturated heterocycles. The van der Waals surface area contributed by atoms with Gasteiger partial charge in [-0.05, 0) is 41.1 Å². The lowest BCUT2D eigenvalue weighted by atomic mass is 10.0. The molecule has 0 aliphatic carbocycles. The SMILES string of the molecule is N#Cc1ccc(N)c2c(N)c3c(N)c(C#N)cc3cc2c1. The van der Waals surface area contributed by atoms with Crippen molar-refractivity contribution in [3.8, 4) is 12.1 Å². The molecule has 5 nitrogen and oxygen atoms in total. The van der Waals surface area contributed by atoms with Crippen LogP contribution in [-0.4, -0.2) is 0 Å². The Bertz CT molecular complexity index is 990. The molecule has 0 bridgehead atoms. The van der Waals surface area contributed by atoms with Gasteiger partial charge in [0.2, 0.25) is 0 Å². The number of anilines is 3. The average molecular weight is 273 g/mol. The molecule has 0 aliphatic rings. The van der Waals surface area contributed by atoms with E-state index >= 15 is 0 Å². The van der Waals surface area contributed by atoms with Crippen molar-refractivity contribution in [1.29, 1.82) is 10.5 Å². The average Bonchev–Trinajstić information content (AvgIpc) is 2.69. The third-order valence-electron chi connectivity index (χ3n) is 3.58. The van der Waals surface area contributed by atoms with E-state index in [-0.39, 0.29) is 0 Å². The maximum atomic E-state index is 9.09. The van der Waals surface area contributed by atoms with Gasteiger partial charge < -0.3 is 17.2 Å². The molecule has 0 unspecified atom stereocenters. The van der Waals surface area contributed by atoms with Gasteiger partial charge in [0.1, 0.15) is 6.07 Å². The predicted molar refractivity (Wildman–Crippen MR) is 84.1 cm³/mol. The molecular formula is C16H11N5. The summed E-state index contributed by atoms with van der Waals surface area (Å²) in [7, 11) is 0. The molecule has 0 aromatic heterocycles. The van der Waals surface area contributed by atoms with Gasteiger partial charge in [-0.3, -0.25) is 0 Å². The van der Waals surface area contributed by atoms with Crippen LogP contribution in [0.25, 0.3) is 21.5 Å². The highest BCUT2D eigenvalue weighted by Gasteiger charge is 2.14. The number of hydrogen-bond acceptors (Lipinski definition) is 5. The zero-order chi connectivity index (χ0) is 15.1. The first kappa shape index (κ1) is 12.6. The highest BCUT2D eigenvalue weighted by atomic mass is 14.6. The molecule has 3 aromatic rings. The fourth-order valence-corrected chi connectivity index (χ4v) is 2.61. The Morgan fingerprint density at radius 2 is 1.48 bits per heavy atom. The molecular weight excluding hydrogens is 262 g/mol. The molecule has 0 fully saturated rings. The van der Waals surface area contributed by atoms with Crippen molar-refractivity contribution < 1.29 is 0 Å². The lowest BCUT2D eigenvalue weighted by Crippen LogP contribution is -1.94. The summed E-state index contributed by atoms with van der Waals surface area (Å²) in [5.41, 5.74) is 20.4. The van der Waals surface area contributed by atoms with Gasteiger partial charge in [0, 0.05) is 16.5 Å². The maximum Gasteiger partial charge on any atom is 0.101 e. The Morgan fingerprint density at radius 1 is 0.762 bits per heavy atom. The van der Waals surface area contributed by atoms with Crippen molar-refractivity contribution in [1.82, 2.24) is 0 Å². The molecule has 5 heteroatoms. The number of nitrogen functional groups attached to an aromatic ring is 3. The van der Waals surface area contributed by atoms with Gasteiger partial charge in [-0.1, -0.05) is 0 Å². The first-order valence-corrected chi connectivity index (χ1v) is 6.21. The first-order valence-electron chi connectivity index (χ1n) is 6.21. The van der Waals surface area contributed by atoms with E-state index in [0.29, 0.717) is 39.0 Å². The highest BCUT2D eigenvalue weighted by Crippen LogP contribution is 2.39. The van der Waals surface area contributed by atoms with Crippen LogP contribution in [0.3, 0.4) is 0 Å². The molecule has 21 heavy (non-hydrogen) atoms. The molecule has 3 aromatic carbocycles. The van der Waals surface area contributed by atoms with E-state index in [1.807, 2.05) is 12.1 Å². The second-order valence-corrected chi connectivity index (χ2v) is 4.80. The van der Waals surface area contributed by atoms with E-state index in [4.69, 9.17) is 27.7 Å².